The minimum Gasteiger partial charge on any atom is -0.394 e. The van der Waals surface area contributed by atoms with Crippen molar-refractivity contribution >= 4 is 6.03 Å². The van der Waals surface area contributed by atoms with Gasteiger partial charge in [-0.2, -0.15) is 0 Å². The van der Waals surface area contributed by atoms with Gasteiger partial charge in [-0.15, -0.1) is 0 Å². The molecule has 0 saturated carbocycles. The Morgan fingerprint density at radius 2 is 2.10 bits per heavy atom. The van der Waals surface area contributed by atoms with Crippen LogP contribution in [0.5, 0.6) is 0 Å². The highest BCUT2D eigenvalue weighted by Crippen LogP contribution is 2.28. The molecule has 2 amide bonds. The smallest absolute Gasteiger partial charge is 0.325 e. The van der Waals surface area contributed by atoms with Crippen molar-refractivity contribution in [2.24, 2.45) is 0 Å². The van der Waals surface area contributed by atoms with E-state index in [1.165, 1.54) is 4.90 Å². The molecule has 5 N–H and O–H groups in total. The van der Waals surface area contributed by atoms with E-state index in [9.17, 15) is 15.0 Å². The van der Waals surface area contributed by atoms with Crippen LogP contribution in [0.2, 0.25) is 0 Å². The van der Waals surface area contributed by atoms with Gasteiger partial charge in [0.15, 0.2) is 6.23 Å². The maximum Gasteiger partial charge on any atom is 0.325 e. The number of carbonyl (C=O) groups is 1. The number of rotatable bonds is 2. The van der Waals surface area contributed by atoms with E-state index in [1.54, 1.807) is 6.20 Å². The molecule has 1 fully saturated rings. The van der Waals surface area contributed by atoms with Crippen LogP contribution in [0.3, 0.4) is 0 Å². The number of aliphatic hydroxyl groups excluding tert-OH is 3. The molecule has 0 spiro atoms. The molecule has 1 saturated heterocycles. The van der Waals surface area contributed by atoms with Gasteiger partial charge in [0, 0.05) is 17.5 Å². The van der Waals surface area contributed by atoms with E-state index in [0.29, 0.717) is 0 Å². The number of nitrogens with zero attached hydrogens (tertiary/aromatic N) is 1. The standard InChI is InChI=1S/C12H17N3O5/c1-5-2-6-3-15(12(19)14-10(6)13-5)11-9(18)8(17)7(4-16)20-11/h2-3,7-11,13,16-18H,4H2,1H3,(H,14,19). The summed E-state index contributed by atoms with van der Waals surface area (Å²) >= 11 is 0. The van der Waals surface area contributed by atoms with E-state index in [0.717, 1.165) is 11.3 Å². The van der Waals surface area contributed by atoms with Gasteiger partial charge < -0.3 is 30.7 Å². The molecule has 0 radical (unpaired) electrons. The van der Waals surface area contributed by atoms with Gasteiger partial charge in [-0.3, -0.25) is 4.90 Å². The van der Waals surface area contributed by atoms with E-state index < -0.39 is 37.2 Å². The summed E-state index contributed by atoms with van der Waals surface area (Å²) in [6, 6.07) is -0.441. The molecular formula is C12H17N3O5. The minimum atomic E-state index is -1.27. The zero-order chi connectivity index (χ0) is 14.4. The lowest BCUT2D eigenvalue weighted by atomic mass is 10.1. The van der Waals surface area contributed by atoms with Crippen LogP contribution in [-0.2, 0) is 4.74 Å². The van der Waals surface area contributed by atoms with Crippen molar-refractivity contribution in [1.82, 2.24) is 15.5 Å². The first-order valence-electron chi connectivity index (χ1n) is 6.39. The van der Waals surface area contributed by atoms with Gasteiger partial charge in [0.2, 0.25) is 0 Å². The lowest BCUT2D eigenvalue weighted by molar-refractivity contribution is -0.0664. The molecule has 0 aromatic rings. The Hall–Kier alpha value is -1.61. The summed E-state index contributed by atoms with van der Waals surface area (Å²) < 4.78 is 5.35. The van der Waals surface area contributed by atoms with Crippen molar-refractivity contribution in [2.45, 2.75) is 37.6 Å². The molecule has 3 heterocycles. The second-order valence-corrected chi connectivity index (χ2v) is 5.12. The largest absolute Gasteiger partial charge is 0.394 e. The number of allylic oxidation sites excluding steroid dienone is 1. The Kier molecular flexibility index (Phi) is 3.17. The van der Waals surface area contributed by atoms with Crippen LogP contribution in [-0.4, -0.2) is 63.6 Å². The van der Waals surface area contributed by atoms with E-state index in [2.05, 4.69) is 10.6 Å². The number of aliphatic hydroxyl groups is 3. The monoisotopic (exact) mass is 283 g/mol. The maximum absolute atomic E-state index is 12.0. The average molecular weight is 283 g/mol. The maximum atomic E-state index is 12.0. The highest BCUT2D eigenvalue weighted by Gasteiger charge is 2.47. The predicted molar refractivity (Wildman–Crippen MR) is 66.9 cm³/mol. The summed E-state index contributed by atoms with van der Waals surface area (Å²) in [7, 11) is 0. The molecule has 20 heavy (non-hydrogen) atoms. The predicted octanol–water partition coefficient (Wildman–Crippen LogP) is -1.83. The molecule has 0 aromatic carbocycles. The topological polar surface area (TPSA) is 114 Å². The zero-order valence-electron chi connectivity index (χ0n) is 10.9. The van der Waals surface area contributed by atoms with E-state index in [4.69, 9.17) is 9.84 Å². The van der Waals surface area contributed by atoms with Crippen LogP contribution in [0, 0.1) is 0 Å². The number of ether oxygens (including phenoxy) is 1. The third-order valence-corrected chi connectivity index (χ3v) is 3.67. The zero-order valence-corrected chi connectivity index (χ0v) is 10.9. The highest BCUT2D eigenvalue weighted by atomic mass is 16.6. The summed E-state index contributed by atoms with van der Waals surface area (Å²) in [5.41, 5.74) is 1.75. The van der Waals surface area contributed by atoms with Gasteiger partial charge in [0.1, 0.15) is 24.5 Å². The number of fused-ring (bicyclic) bond motifs is 1. The molecule has 3 aliphatic rings. The summed E-state index contributed by atoms with van der Waals surface area (Å²) in [5, 5.41) is 34.6. The molecular weight excluding hydrogens is 266 g/mol. The summed E-state index contributed by atoms with van der Waals surface area (Å²) in [4.78, 5) is 13.3. The second kappa shape index (κ2) is 4.74. The van der Waals surface area contributed by atoms with Crippen molar-refractivity contribution in [3.05, 3.63) is 23.5 Å². The Morgan fingerprint density at radius 3 is 2.75 bits per heavy atom. The van der Waals surface area contributed by atoms with Crippen LogP contribution in [0.25, 0.3) is 0 Å². The number of hydrogen-bond donors (Lipinski definition) is 5. The summed E-state index contributed by atoms with van der Waals surface area (Å²) in [6.45, 7) is 1.45. The Labute approximate surface area is 115 Å². The molecule has 8 heteroatoms. The molecule has 3 rings (SSSR count). The van der Waals surface area contributed by atoms with Crippen LogP contribution < -0.4 is 10.6 Å². The molecule has 0 aliphatic carbocycles. The SMILES string of the molecule is CC1=CC2=CN(C3OC(CO)C(O)C3O)C(=O)NC2N1. The van der Waals surface area contributed by atoms with Crippen LogP contribution >= 0.6 is 0 Å². The van der Waals surface area contributed by atoms with Crippen molar-refractivity contribution in [2.75, 3.05) is 6.61 Å². The molecule has 5 unspecified atom stereocenters. The van der Waals surface area contributed by atoms with Gasteiger partial charge in [-0.05, 0) is 13.0 Å². The Balaban J connectivity index is 1.85. The van der Waals surface area contributed by atoms with Gasteiger partial charge in [0.25, 0.3) is 0 Å². The second-order valence-electron chi connectivity index (χ2n) is 5.12. The van der Waals surface area contributed by atoms with Crippen molar-refractivity contribution < 1.29 is 24.9 Å². The molecule has 3 aliphatic heterocycles. The lowest BCUT2D eigenvalue weighted by Gasteiger charge is -2.33. The average Bonchev–Trinajstić information content (AvgIpc) is 2.89. The van der Waals surface area contributed by atoms with Crippen molar-refractivity contribution in [3.63, 3.8) is 0 Å². The fraction of sp³-hybridized carbons (Fsp3) is 0.583. The van der Waals surface area contributed by atoms with E-state index >= 15 is 0 Å². The molecule has 0 aromatic heterocycles. The number of nitrogens with one attached hydrogen (secondary N) is 2. The fourth-order valence-corrected chi connectivity index (χ4v) is 2.63. The van der Waals surface area contributed by atoms with Crippen LogP contribution in [0.4, 0.5) is 4.79 Å². The van der Waals surface area contributed by atoms with Crippen LogP contribution in [0.15, 0.2) is 23.5 Å². The molecule has 110 valence electrons. The third kappa shape index (κ3) is 1.97. The summed E-state index contributed by atoms with van der Waals surface area (Å²) in [6.07, 6.45) is -1.26. The van der Waals surface area contributed by atoms with Gasteiger partial charge >= 0.3 is 6.03 Å². The first kappa shape index (κ1) is 13.4. The molecule has 0 bridgehead atoms. The number of amides is 2. The molecule has 8 nitrogen and oxygen atoms in total. The van der Waals surface area contributed by atoms with E-state index in [-0.39, 0.29) is 6.17 Å². The van der Waals surface area contributed by atoms with Gasteiger partial charge in [-0.1, -0.05) is 0 Å². The van der Waals surface area contributed by atoms with Crippen LogP contribution in [0.1, 0.15) is 6.92 Å². The number of hydrogen-bond acceptors (Lipinski definition) is 6. The Morgan fingerprint density at radius 1 is 1.35 bits per heavy atom. The number of carbonyl (C=O) groups excluding carboxylic acids is 1. The van der Waals surface area contributed by atoms with Gasteiger partial charge in [0.05, 0.1) is 6.61 Å². The van der Waals surface area contributed by atoms with E-state index in [1.807, 2.05) is 13.0 Å². The third-order valence-electron chi connectivity index (χ3n) is 3.67. The minimum absolute atomic E-state index is 0.282. The quantitative estimate of drug-likeness (QED) is 0.407. The summed E-state index contributed by atoms with van der Waals surface area (Å²) in [5.74, 6) is 0. The molecule has 5 atom stereocenters. The Bertz CT molecular complexity index is 491. The first-order chi connectivity index (χ1) is 9.51. The normalized spacial score (nSPS) is 39.9. The highest BCUT2D eigenvalue weighted by molar-refractivity contribution is 5.78. The first-order valence-corrected chi connectivity index (χ1v) is 6.39. The lowest BCUT2D eigenvalue weighted by Crippen LogP contribution is -2.56. The fourth-order valence-electron chi connectivity index (χ4n) is 2.63. The van der Waals surface area contributed by atoms with Crippen molar-refractivity contribution in [1.29, 1.82) is 0 Å². The van der Waals surface area contributed by atoms with Crippen molar-refractivity contribution in [3.8, 4) is 0 Å². The number of urea groups is 1. The van der Waals surface area contributed by atoms with Gasteiger partial charge in [-0.25, -0.2) is 4.79 Å².